The van der Waals surface area contributed by atoms with Crippen molar-refractivity contribution in [2.45, 2.75) is 49.7 Å². The van der Waals surface area contributed by atoms with Crippen molar-refractivity contribution < 1.29 is 4.43 Å². The van der Waals surface area contributed by atoms with Crippen molar-refractivity contribution in [3.05, 3.63) is 0 Å². The molecule has 0 amide bonds. The van der Waals surface area contributed by atoms with Gasteiger partial charge in [0.2, 0.25) is 0 Å². The van der Waals surface area contributed by atoms with Gasteiger partial charge in [0.05, 0.1) is 3.74 Å². The summed E-state index contributed by atoms with van der Waals surface area (Å²) in [5, 5.41) is 0. The van der Waals surface area contributed by atoms with Gasteiger partial charge in [-0.25, -0.2) is 0 Å². The standard InChI is InChI=1S/C9H20Br2OSi/c1-7(2)8(6-9(10)11)12-13(3,4)5/h7-9H,6H2,1-5H3/t8-/m0/s1. The van der Waals surface area contributed by atoms with Crippen LogP contribution in [0.3, 0.4) is 0 Å². The van der Waals surface area contributed by atoms with E-state index in [4.69, 9.17) is 4.43 Å². The minimum Gasteiger partial charge on any atom is -0.414 e. The normalized spacial score (nSPS) is 15.5. The molecule has 13 heavy (non-hydrogen) atoms. The van der Waals surface area contributed by atoms with Crippen LogP contribution in [0.2, 0.25) is 19.6 Å². The van der Waals surface area contributed by atoms with Gasteiger partial charge in [-0.1, -0.05) is 45.7 Å². The number of halogens is 2. The molecule has 80 valence electrons. The molecule has 0 rings (SSSR count). The first kappa shape index (κ1) is 14.1. The molecule has 0 aliphatic carbocycles. The monoisotopic (exact) mass is 330 g/mol. The molecule has 0 saturated carbocycles. The van der Waals surface area contributed by atoms with Crippen LogP contribution in [0.4, 0.5) is 0 Å². The van der Waals surface area contributed by atoms with E-state index in [0.29, 0.717) is 15.8 Å². The molecule has 0 N–H and O–H groups in total. The maximum Gasteiger partial charge on any atom is 0.184 e. The second-order valence-electron chi connectivity index (χ2n) is 4.64. The van der Waals surface area contributed by atoms with Crippen molar-refractivity contribution in [2.24, 2.45) is 5.92 Å². The van der Waals surface area contributed by atoms with E-state index >= 15 is 0 Å². The van der Waals surface area contributed by atoms with Gasteiger partial charge in [0, 0.05) is 6.10 Å². The fraction of sp³-hybridized carbons (Fsp3) is 1.00. The average Bonchev–Trinajstić information content (AvgIpc) is 1.81. The molecule has 0 fully saturated rings. The second-order valence-corrected chi connectivity index (χ2v) is 12.5. The Morgan fingerprint density at radius 3 is 1.85 bits per heavy atom. The first-order chi connectivity index (χ1) is 5.72. The molecule has 0 bridgehead atoms. The van der Waals surface area contributed by atoms with Gasteiger partial charge in [-0.2, -0.15) is 0 Å². The van der Waals surface area contributed by atoms with Gasteiger partial charge in [0.25, 0.3) is 0 Å². The summed E-state index contributed by atoms with van der Waals surface area (Å²) in [5.41, 5.74) is 0. The lowest BCUT2D eigenvalue weighted by atomic mass is 10.1. The van der Waals surface area contributed by atoms with Crippen LogP contribution in [-0.2, 0) is 4.43 Å². The fourth-order valence-electron chi connectivity index (χ4n) is 1.09. The van der Waals surface area contributed by atoms with Crippen molar-refractivity contribution in [1.82, 2.24) is 0 Å². The van der Waals surface area contributed by atoms with Gasteiger partial charge in [-0.3, -0.25) is 0 Å². The zero-order valence-corrected chi connectivity index (χ0v) is 13.3. The summed E-state index contributed by atoms with van der Waals surface area (Å²) >= 11 is 7.01. The minimum atomic E-state index is -1.39. The first-order valence-electron chi connectivity index (χ1n) is 4.68. The first-order valence-corrected chi connectivity index (χ1v) is 9.92. The highest BCUT2D eigenvalue weighted by molar-refractivity contribution is 9.24. The van der Waals surface area contributed by atoms with Crippen LogP contribution in [-0.4, -0.2) is 18.2 Å². The number of rotatable bonds is 5. The second kappa shape index (κ2) is 5.88. The van der Waals surface area contributed by atoms with E-state index in [1.807, 2.05) is 0 Å². The predicted molar refractivity (Wildman–Crippen MR) is 69.3 cm³/mol. The van der Waals surface area contributed by atoms with E-state index in [1.54, 1.807) is 0 Å². The van der Waals surface area contributed by atoms with Crippen LogP contribution in [0, 0.1) is 5.92 Å². The third-order valence-corrected chi connectivity index (χ3v) is 3.42. The van der Waals surface area contributed by atoms with Crippen LogP contribution < -0.4 is 0 Å². The van der Waals surface area contributed by atoms with Crippen molar-refractivity contribution in [3.63, 3.8) is 0 Å². The van der Waals surface area contributed by atoms with Gasteiger partial charge in [0.1, 0.15) is 0 Å². The topological polar surface area (TPSA) is 9.23 Å². The molecule has 0 spiro atoms. The van der Waals surface area contributed by atoms with Gasteiger partial charge in [-0.05, 0) is 32.0 Å². The lowest BCUT2D eigenvalue weighted by Gasteiger charge is -2.29. The van der Waals surface area contributed by atoms with E-state index in [0.717, 1.165) is 6.42 Å². The van der Waals surface area contributed by atoms with E-state index < -0.39 is 8.32 Å². The maximum absolute atomic E-state index is 6.09. The molecular weight excluding hydrogens is 312 g/mol. The molecule has 1 nitrogen and oxygen atoms in total. The molecular formula is C9H20Br2OSi. The summed E-state index contributed by atoms with van der Waals surface area (Å²) in [5.74, 6) is 0.587. The number of hydrogen-bond donors (Lipinski definition) is 0. The average molecular weight is 332 g/mol. The summed E-state index contributed by atoms with van der Waals surface area (Å²) in [4.78, 5) is 0. The zero-order chi connectivity index (χ0) is 10.6. The summed E-state index contributed by atoms with van der Waals surface area (Å²) < 4.78 is 6.45. The Balaban J connectivity index is 4.11. The Bertz CT molecular complexity index is 143. The van der Waals surface area contributed by atoms with Gasteiger partial charge >= 0.3 is 0 Å². The summed E-state index contributed by atoms with van der Waals surface area (Å²) in [6.45, 7) is 11.1. The largest absolute Gasteiger partial charge is 0.414 e. The molecule has 0 aliphatic rings. The Labute approximate surface area is 100 Å². The van der Waals surface area contributed by atoms with Crippen LogP contribution in [0.5, 0.6) is 0 Å². The fourth-order valence-corrected chi connectivity index (χ4v) is 3.10. The highest BCUT2D eigenvalue weighted by atomic mass is 79.9. The van der Waals surface area contributed by atoms with Crippen LogP contribution >= 0.6 is 31.9 Å². The van der Waals surface area contributed by atoms with Gasteiger partial charge in [0.15, 0.2) is 8.32 Å². The van der Waals surface area contributed by atoms with E-state index in [1.165, 1.54) is 0 Å². The third kappa shape index (κ3) is 8.15. The molecule has 0 saturated heterocycles. The quantitative estimate of drug-likeness (QED) is 0.537. The van der Waals surface area contributed by atoms with Gasteiger partial charge < -0.3 is 4.43 Å². The lowest BCUT2D eigenvalue weighted by molar-refractivity contribution is 0.140. The molecule has 0 aromatic carbocycles. The van der Waals surface area contributed by atoms with E-state index in [9.17, 15) is 0 Å². The molecule has 0 aromatic rings. The highest BCUT2D eigenvalue weighted by Gasteiger charge is 2.24. The van der Waals surface area contributed by atoms with Crippen molar-refractivity contribution in [2.75, 3.05) is 0 Å². The Morgan fingerprint density at radius 2 is 1.62 bits per heavy atom. The minimum absolute atomic E-state index is 0.365. The molecule has 1 atom stereocenters. The summed E-state index contributed by atoms with van der Waals surface area (Å²) in [6.07, 6.45) is 1.40. The number of alkyl halides is 2. The van der Waals surface area contributed by atoms with E-state index in [-0.39, 0.29) is 0 Å². The van der Waals surface area contributed by atoms with Crippen molar-refractivity contribution in [1.29, 1.82) is 0 Å². The van der Waals surface area contributed by atoms with Crippen LogP contribution in [0.1, 0.15) is 20.3 Å². The predicted octanol–water partition coefficient (Wildman–Crippen LogP) is 4.37. The van der Waals surface area contributed by atoms with E-state index in [2.05, 4.69) is 65.3 Å². The van der Waals surface area contributed by atoms with Gasteiger partial charge in [-0.15, -0.1) is 0 Å². The summed E-state index contributed by atoms with van der Waals surface area (Å²) in [7, 11) is -1.39. The third-order valence-electron chi connectivity index (χ3n) is 1.66. The number of hydrogen-bond acceptors (Lipinski definition) is 1. The Morgan fingerprint density at radius 1 is 1.15 bits per heavy atom. The molecule has 0 unspecified atom stereocenters. The van der Waals surface area contributed by atoms with Crippen molar-refractivity contribution >= 4 is 40.2 Å². The SMILES string of the molecule is CC(C)[C@H](CC(Br)Br)O[Si](C)(C)C. The van der Waals surface area contributed by atoms with Crippen LogP contribution in [0.15, 0.2) is 0 Å². The molecule has 0 radical (unpaired) electrons. The zero-order valence-electron chi connectivity index (χ0n) is 9.10. The smallest absolute Gasteiger partial charge is 0.184 e. The highest BCUT2D eigenvalue weighted by Crippen LogP contribution is 2.24. The van der Waals surface area contributed by atoms with Crippen LogP contribution in [0.25, 0.3) is 0 Å². The molecule has 4 heteroatoms. The lowest BCUT2D eigenvalue weighted by Crippen LogP contribution is -2.35. The molecule has 0 aromatic heterocycles. The Kier molecular flexibility index (Phi) is 6.40. The molecule has 0 aliphatic heterocycles. The Hall–Kier alpha value is 1.14. The summed E-state index contributed by atoms with van der Waals surface area (Å²) in [6, 6.07) is 0. The molecule has 0 heterocycles. The van der Waals surface area contributed by atoms with Crippen molar-refractivity contribution in [3.8, 4) is 0 Å². The maximum atomic E-state index is 6.09.